The van der Waals surface area contributed by atoms with E-state index in [0.717, 1.165) is 60.1 Å². The van der Waals surface area contributed by atoms with Crippen molar-refractivity contribution in [3.63, 3.8) is 0 Å². The van der Waals surface area contributed by atoms with Gasteiger partial charge in [0.15, 0.2) is 5.79 Å². The fourth-order valence-electron chi connectivity index (χ4n) is 5.10. The second-order valence-electron chi connectivity index (χ2n) is 11.2. The molecule has 2 atom stereocenters. The van der Waals surface area contributed by atoms with Gasteiger partial charge in [0.25, 0.3) is 0 Å². The number of carbonyl (C=O) groups excluding carboxylic acids is 1. The van der Waals surface area contributed by atoms with Gasteiger partial charge in [-0.2, -0.15) is 0 Å². The lowest BCUT2D eigenvalue weighted by molar-refractivity contribution is -0.148. The van der Waals surface area contributed by atoms with E-state index >= 15 is 0 Å². The summed E-state index contributed by atoms with van der Waals surface area (Å²) >= 11 is 1.84. The highest BCUT2D eigenvalue weighted by Crippen LogP contribution is 2.35. The molecule has 2 unspecified atom stereocenters. The Bertz CT molecular complexity index is 1260. The molecule has 4 rings (SSSR count). The highest BCUT2D eigenvalue weighted by atomic mass is 32.2. The van der Waals surface area contributed by atoms with E-state index in [4.69, 9.17) is 18.6 Å². The van der Waals surface area contributed by atoms with E-state index in [1.807, 2.05) is 25.6 Å². The molecular weight excluding hydrogens is 520 g/mol. The minimum atomic E-state index is -0.589. The molecule has 1 aliphatic rings. The Hall–Kier alpha value is -2.54. The normalized spacial score (nSPS) is 18.3. The smallest absolute Gasteiger partial charge is 0.333 e. The fourth-order valence-corrected chi connectivity index (χ4v) is 6.01. The van der Waals surface area contributed by atoms with Crippen LogP contribution in [0.25, 0.3) is 22.3 Å². The molecule has 5 nitrogen and oxygen atoms in total. The van der Waals surface area contributed by atoms with Crippen LogP contribution in [-0.2, 0) is 25.4 Å². The molecule has 0 aliphatic carbocycles. The Kier molecular flexibility index (Phi) is 10.9. The van der Waals surface area contributed by atoms with Crippen molar-refractivity contribution in [2.24, 2.45) is 0 Å². The van der Waals surface area contributed by atoms with Crippen LogP contribution in [0.1, 0.15) is 78.2 Å². The Morgan fingerprint density at radius 3 is 2.40 bits per heavy atom. The van der Waals surface area contributed by atoms with E-state index in [-0.39, 0.29) is 18.2 Å². The van der Waals surface area contributed by atoms with Crippen LogP contribution in [0.4, 0.5) is 0 Å². The van der Waals surface area contributed by atoms with Gasteiger partial charge >= 0.3 is 5.97 Å². The molecule has 6 heteroatoms. The number of hydrogen-bond acceptors (Lipinski definition) is 6. The molecule has 0 N–H and O–H groups in total. The first kappa shape index (κ1) is 30.4. The lowest BCUT2D eigenvalue weighted by atomic mass is 10.0. The van der Waals surface area contributed by atoms with E-state index < -0.39 is 5.79 Å². The lowest BCUT2D eigenvalue weighted by Gasteiger charge is -2.16. The molecular formula is C34H44O5S. The van der Waals surface area contributed by atoms with Crippen molar-refractivity contribution in [3.8, 4) is 11.3 Å². The number of unbranched alkanes of at least 4 members (excludes halogenated alkanes) is 2. The summed E-state index contributed by atoms with van der Waals surface area (Å²) in [5, 5.41) is 1.13. The topological polar surface area (TPSA) is 57.9 Å². The number of ether oxygens (including phenoxy) is 3. The van der Waals surface area contributed by atoms with Gasteiger partial charge in [0, 0.05) is 21.4 Å². The van der Waals surface area contributed by atoms with Crippen molar-refractivity contribution in [1.82, 2.24) is 0 Å². The maximum absolute atomic E-state index is 11.6. The summed E-state index contributed by atoms with van der Waals surface area (Å²) < 4.78 is 23.8. The van der Waals surface area contributed by atoms with E-state index in [9.17, 15) is 4.79 Å². The largest absolute Gasteiger partial charge is 0.462 e. The standard InChI is InChI=1S/C34H44O5S/c1-6-7-8-11-25-14-16-26(17-15-25)31-22-27-18-19-28(23-32(27)37-31)40-21-10-13-30-29(38-34(4,5)39-30)12-9-20-36-33(35)24(2)3/h14-19,22-23,29-30H,2,6-13,20-21H2,1,3-5H3. The summed E-state index contributed by atoms with van der Waals surface area (Å²) in [6.07, 6.45) is 8.44. The second-order valence-corrected chi connectivity index (χ2v) is 12.4. The first-order valence-corrected chi connectivity index (χ1v) is 15.7. The van der Waals surface area contributed by atoms with E-state index in [2.05, 4.69) is 62.0 Å². The maximum Gasteiger partial charge on any atom is 0.333 e. The Morgan fingerprint density at radius 1 is 0.975 bits per heavy atom. The number of thioether (sulfide) groups is 1. The number of esters is 1. The summed E-state index contributed by atoms with van der Waals surface area (Å²) in [6.45, 7) is 11.8. The highest BCUT2D eigenvalue weighted by molar-refractivity contribution is 7.99. The SMILES string of the molecule is C=C(C)C(=O)OCCCC1OC(C)(C)OC1CCCSc1ccc2cc(-c3ccc(CCCCC)cc3)oc2c1. The van der Waals surface area contributed by atoms with Crippen molar-refractivity contribution in [1.29, 1.82) is 0 Å². The number of carbonyl (C=O) groups is 1. The number of furan rings is 1. The van der Waals surface area contributed by atoms with Crippen molar-refractivity contribution in [2.75, 3.05) is 12.4 Å². The molecule has 1 aliphatic heterocycles. The summed E-state index contributed by atoms with van der Waals surface area (Å²) in [6, 6.07) is 17.4. The molecule has 0 spiro atoms. The summed E-state index contributed by atoms with van der Waals surface area (Å²) in [5.74, 6) is 0.975. The molecule has 1 fully saturated rings. The minimum Gasteiger partial charge on any atom is -0.462 e. The number of rotatable bonds is 15. The molecule has 0 saturated carbocycles. The van der Waals surface area contributed by atoms with Gasteiger partial charge in [0.1, 0.15) is 11.3 Å². The van der Waals surface area contributed by atoms with Gasteiger partial charge in [-0.15, -0.1) is 11.8 Å². The number of aryl methyl sites for hydroxylation is 1. The van der Waals surface area contributed by atoms with Gasteiger partial charge in [-0.05, 0) is 94.9 Å². The monoisotopic (exact) mass is 564 g/mol. The van der Waals surface area contributed by atoms with Crippen molar-refractivity contribution in [3.05, 3.63) is 66.2 Å². The van der Waals surface area contributed by atoms with Gasteiger partial charge in [0.05, 0.1) is 18.8 Å². The Labute approximate surface area is 243 Å². The first-order chi connectivity index (χ1) is 19.2. The molecule has 0 radical (unpaired) electrons. The van der Waals surface area contributed by atoms with Gasteiger partial charge in [-0.1, -0.05) is 50.6 Å². The number of hydrogen-bond donors (Lipinski definition) is 0. The van der Waals surface area contributed by atoms with E-state index in [0.29, 0.717) is 12.2 Å². The Balaban J connectivity index is 1.25. The zero-order chi connectivity index (χ0) is 28.5. The third-order valence-corrected chi connectivity index (χ3v) is 8.28. The molecule has 40 heavy (non-hydrogen) atoms. The lowest BCUT2D eigenvalue weighted by Crippen LogP contribution is -2.23. The molecule has 1 aromatic heterocycles. The predicted molar refractivity (Wildman–Crippen MR) is 164 cm³/mol. The summed E-state index contributed by atoms with van der Waals surface area (Å²) in [5.41, 5.74) is 3.86. The first-order valence-electron chi connectivity index (χ1n) is 14.7. The molecule has 0 amide bonds. The quantitative estimate of drug-likeness (QED) is 0.0794. The van der Waals surface area contributed by atoms with Crippen LogP contribution in [0.2, 0.25) is 0 Å². The number of fused-ring (bicyclic) bond motifs is 1. The van der Waals surface area contributed by atoms with Gasteiger partial charge in [-0.3, -0.25) is 0 Å². The average molecular weight is 565 g/mol. The molecule has 3 aromatic rings. The highest BCUT2D eigenvalue weighted by Gasteiger charge is 2.40. The third-order valence-electron chi connectivity index (χ3n) is 7.20. The number of benzene rings is 2. The summed E-state index contributed by atoms with van der Waals surface area (Å²) in [4.78, 5) is 12.8. The van der Waals surface area contributed by atoms with Crippen LogP contribution in [0, 0.1) is 0 Å². The third kappa shape index (κ3) is 8.73. The van der Waals surface area contributed by atoms with Crippen molar-refractivity contribution >= 4 is 28.7 Å². The molecule has 2 aromatic carbocycles. The van der Waals surface area contributed by atoms with Crippen LogP contribution in [0.3, 0.4) is 0 Å². The zero-order valence-corrected chi connectivity index (χ0v) is 25.3. The van der Waals surface area contributed by atoms with Crippen LogP contribution < -0.4 is 0 Å². The molecule has 216 valence electrons. The molecule has 2 heterocycles. The minimum absolute atomic E-state index is 0.00632. The van der Waals surface area contributed by atoms with Gasteiger partial charge < -0.3 is 18.6 Å². The van der Waals surface area contributed by atoms with Crippen LogP contribution in [0.5, 0.6) is 0 Å². The zero-order valence-electron chi connectivity index (χ0n) is 24.5. The fraction of sp³-hybridized carbons (Fsp3) is 0.500. The summed E-state index contributed by atoms with van der Waals surface area (Å²) in [7, 11) is 0. The van der Waals surface area contributed by atoms with Crippen LogP contribution in [-0.4, -0.2) is 36.3 Å². The van der Waals surface area contributed by atoms with Crippen molar-refractivity contribution < 1.29 is 23.4 Å². The van der Waals surface area contributed by atoms with E-state index in [1.54, 1.807) is 6.92 Å². The predicted octanol–water partition coefficient (Wildman–Crippen LogP) is 9.12. The maximum atomic E-state index is 11.6. The van der Waals surface area contributed by atoms with Crippen molar-refractivity contribution in [2.45, 2.75) is 102 Å². The van der Waals surface area contributed by atoms with Crippen LogP contribution in [0.15, 0.2) is 70.0 Å². The van der Waals surface area contributed by atoms with Crippen LogP contribution >= 0.6 is 11.8 Å². The molecule has 0 bridgehead atoms. The van der Waals surface area contributed by atoms with Gasteiger partial charge in [-0.25, -0.2) is 4.79 Å². The van der Waals surface area contributed by atoms with Gasteiger partial charge in [0.2, 0.25) is 0 Å². The average Bonchev–Trinajstić information content (AvgIpc) is 3.48. The molecule has 1 saturated heterocycles. The Morgan fingerprint density at radius 2 is 1.70 bits per heavy atom. The van der Waals surface area contributed by atoms with E-state index in [1.165, 1.54) is 29.7 Å². The second kappa shape index (κ2) is 14.4.